The van der Waals surface area contributed by atoms with E-state index in [1.54, 1.807) is 17.8 Å². The zero-order chi connectivity index (χ0) is 20.0. The minimum atomic E-state index is -0.303. The Morgan fingerprint density at radius 2 is 1.79 bits per heavy atom. The van der Waals surface area contributed by atoms with Gasteiger partial charge in [0.15, 0.2) is 5.16 Å². The second kappa shape index (κ2) is 7.19. The maximum atomic E-state index is 12.1. The van der Waals surface area contributed by atoms with Gasteiger partial charge >= 0.3 is 5.63 Å². The lowest BCUT2D eigenvalue weighted by Crippen LogP contribution is -2.02. The Morgan fingerprint density at radius 3 is 2.59 bits per heavy atom. The van der Waals surface area contributed by atoms with Crippen LogP contribution in [0.1, 0.15) is 34.5 Å². The van der Waals surface area contributed by atoms with Gasteiger partial charge in [0.25, 0.3) is 0 Å². The summed E-state index contributed by atoms with van der Waals surface area (Å²) < 4.78 is 7.54. The quantitative estimate of drug-likeness (QED) is 0.363. The van der Waals surface area contributed by atoms with Gasteiger partial charge in [-0.05, 0) is 74.1 Å². The van der Waals surface area contributed by atoms with Crippen LogP contribution in [0.4, 0.5) is 0 Å². The maximum Gasteiger partial charge on any atom is 0.336 e. The van der Waals surface area contributed by atoms with Crippen molar-refractivity contribution in [1.82, 2.24) is 14.8 Å². The van der Waals surface area contributed by atoms with E-state index in [2.05, 4.69) is 52.0 Å². The molecule has 1 aliphatic carbocycles. The van der Waals surface area contributed by atoms with Crippen molar-refractivity contribution in [3.63, 3.8) is 0 Å². The number of fused-ring (bicyclic) bond motifs is 2. The van der Waals surface area contributed by atoms with Gasteiger partial charge in [0.2, 0.25) is 0 Å². The minimum Gasteiger partial charge on any atom is -0.423 e. The smallest absolute Gasteiger partial charge is 0.336 e. The molecule has 0 saturated carbocycles. The second-order valence-electron chi connectivity index (χ2n) is 7.55. The summed E-state index contributed by atoms with van der Waals surface area (Å²) in [6.07, 6.45) is 3.32. The van der Waals surface area contributed by atoms with Gasteiger partial charge < -0.3 is 4.42 Å². The number of rotatable bonds is 4. The summed E-state index contributed by atoms with van der Waals surface area (Å²) in [6, 6.07) is 14.2. The minimum absolute atomic E-state index is 0.303. The van der Waals surface area contributed by atoms with Gasteiger partial charge in [-0.3, -0.25) is 4.57 Å². The topological polar surface area (TPSA) is 60.9 Å². The fourth-order valence-corrected chi connectivity index (χ4v) is 4.97. The van der Waals surface area contributed by atoms with Crippen LogP contribution in [0.3, 0.4) is 0 Å². The standard InChI is InChI=1S/C23H21N3O2S/c1-14-6-8-19(9-7-14)26-15(2)24-25-23(26)29-13-18-12-22(27)28-21-11-17-5-3-4-16(17)10-20(18)21/h6-12H,3-5,13H2,1-2H3. The summed E-state index contributed by atoms with van der Waals surface area (Å²) in [7, 11) is 0. The van der Waals surface area contributed by atoms with Crippen LogP contribution in [-0.4, -0.2) is 14.8 Å². The number of nitrogens with zero attached hydrogens (tertiary/aromatic N) is 3. The predicted molar refractivity (Wildman–Crippen MR) is 115 cm³/mol. The third-order valence-electron chi connectivity index (χ3n) is 5.49. The molecular formula is C23H21N3O2S. The Morgan fingerprint density at radius 1 is 1.03 bits per heavy atom. The average molecular weight is 404 g/mol. The van der Waals surface area contributed by atoms with Crippen molar-refractivity contribution >= 4 is 22.7 Å². The van der Waals surface area contributed by atoms with Crippen LogP contribution in [0.15, 0.2) is 56.8 Å². The van der Waals surface area contributed by atoms with Crippen molar-refractivity contribution in [2.24, 2.45) is 0 Å². The lowest BCUT2D eigenvalue weighted by molar-refractivity contribution is 0.559. The van der Waals surface area contributed by atoms with E-state index in [4.69, 9.17) is 4.42 Å². The highest BCUT2D eigenvalue weighted by Crippen LogP contribution is 2.31. The molecule has 4 aromatic rings. The molecule has 0 amide bonds. The van der Waals surface area contributed by atoms with Gasteiger partial charge in [-0.15, -0.1) is 10.2 Å². The summed E-state index contributed by atoms with van der Waals surface area (Å²) >= 11 is 1.59. The van der Waals surface area contributed by atoms with Gasteiger partial charge in [0.05, 0.1) is 0 Å². The van der Waals surface area contributed by atoms with Crippen molar-refractivity contribution in [2.75, 3.05) is 0 Å². The summed E-state index contributed by atoms with van der Waals surface area (Å²) in [6.45, 7) is 4.02. The van der Waals surface area contributed by atoms with Crippen LogP contribution >= 0.6 is 11.8 Å². The molecule has 0 bridgehead atoms. The molecule has 5 rings (SSSR count). The molecule has 0 spiro atoms. The maximum absolute atomic E-state index is 12.1. The largest absolute Gasteiger partial charge is 0.423 e. The molecule has 0 aliphatic heterocycles. The first-order valence-electron chi connectivity index (χ1n) is 9.79. The number of thioether (sulfide) groups is 1. The third kappa shape index (κ3) is 3.38. The second-order valence-corrected chi connectivity index (χ2v) is 8.49. The fourth-order valence-electron chi connectivity index (χ4n) is 3.98. The van der Waals surface area contributed by atoms with E-state index >= 15 is 0 Å². The van der Waals surface area contributed by atoms with E-state index in [1.807, 2.05) is 13.0 Å². The number of aryl methyl sites for hydroxylation is 4. The molecular weight excluding hydrogens is 382 g/mol. The molecule has 0 saturated heterocycles. The Hall–Kier alpha value is -2.86. The normalized spacial score (nSPS) is 13.2. The Bertz CT molecular complexity index is 1270. The molecule has 5 nitrogen and oxygen atoms in total. The van der Waals surface area contributed by atoms with Crippen molar-refractivity contribution in [2.45, 2.75) is 44.0 Å². The van der Waals surface area contributed by atoms with Crippen LogP contribution in [-0.2, 0) is 18.6 Å². The van der Waals surface area contributed by atoms with E-state index in [1.165, 1.54) is 23.1 Å². The summed E-state index contributed by atoms with van der Waals surface area (Å²) in [4.78, 5) is 12.1. The van der Waals surface area contributed by atoms with Crippen LogP contribution in [0, 0.1) is 13.8 Å². The molecule has 2 heterocycles. The van der Waals surface area contributed by atoms with Crippen LogP contribution in [0.25, 0.3) is 16.7 Å². The van der Waals surface area contributed by atoms with Gasteiger partial charge in [0, 0.05) is 22.9 Å². The third-order valence-corrected chi connectivity index (χ3v) is 6.46. The van der Waals surface area contributed by atoms with E-state index < -0.39 is 0 Å². The Balaban J connectivity index is 1.50. The number of aromatic nitrogens is 3. The summed E-state index contributed by atoms with van der Waals surface area (Å²) in [5, 5.41) is 10.5. The van der Waals surface area contributed by atoms with Gasteiger partial charge in [-0.2, -0.15) is 0 Å². The highest BCUT2D eigenvalue weighted by molar-refractivity contribution is 7.98. The first kappa shape index (κ1) is 18.2. The van der Waals surface area contributed by atoms with Gasteiger partial charge in [0.1, 0.15) is 11.4 Å². The molecule has 2 aromatic heterocycles. The Labute approximate surface area is 172 Å². The van der Waals surface area contributed by atoms with Crippen molar-refractivity contribution in [1.29, 1.82) is 0 Å². The lowest BCUT2D eigenvalue weighted by atomic mass is 10.0. The van der Waals surface area contributed by atoms with Crippen molar-refractivity contribution in [3.05, 3.63) is 81.0 Å². The number of hydrogen-bond donors (Lipinski definition) is 0. The monoisotopic (exact) mass is 403 g/mol. The van der Waals surface area contributed by atoms with Gasteiger partial charge in [-0.25, -0.2) is 4.79 Å². The van der Waals surface area contributed by atoms with E-state index in [9.17, 15) is 4.79 Å². The highest BCUT2D eigenvalue weighted by Gasteiger charge is 2.17. The molecule has 0 radical (unpaired) electrons. The average Bonchev–Trinajstić information content (AvgIpc) is 3.31. The molecule has 0 N–H and O–H groups in total. The molecule has 0 atom stereocenters. The molecule has 29 heavy (non-hydrogen) atoms. The SMILES string of the molecule is Cc1ccc(-n2c(C)nnc2SCc2cc(=O)oc3cc4c(cc23)CCC4)cc1. The zero-order valence-corrected chi connectivity index (χ0v) is 17.3. The van der Waals surface area contributed by atoms with Gasteiger partial charge in [-0.1, -0.05) is 29.5 Å². The fraction of sp³-hybridized carbons (Fsp3) is 0.261. The Kier molecular flexibility index (Phi) is 4.51. The van der Waals surface area contributed by atoms with E-state index in [0.29, 0.717) is 11.3 Å². The van der Waals surface area contributed by atoms with E-state index in [-0.39, 0.29) is 5.63 Å². The number of hydrogen-bond acceptors (Lipinski definition) is 5. The molecule has 1 aliphatic rings. The summed E-state index contributed by atoms with van der Waals surface area (Å²) in [5.41, 5.74) is 6.29. The van der Waals surface area contributed by atoms with Crippen molar-refractivity contribution in [3.8, 4) is 5.69 Å². The van der Waals surface area contributed by atoms with Crippen molar-refractivity contribution < 1.29 is 4.42 Å². The first-order chi connectivity index (χ1) is 14.1. The van der Waals surface area contributed by atoms with E-state index in [0.717, 1.165) is 40.5 Å². The molecule has 0 unspecified atom stereocenters. The molecule has 6 heteroatoms. The predicted octanol–water partition coefficient (Wildman–Crippen LogP) is 4.77. The lowest BCUT2D eigenvalue weighted by Gasteiger charge is -2.10. The first-order valence-corrected chi connectivity index (χ1v) is 10.8. The van der Waals surface area contributed by atoms with Crippen LogP contribution < -0.4 is 5.63 Å². The highest BCUT2D eigenvalue weighted by atomic mass is 32.2. The van der Waals surface area contributed by atoms with Crippen LogP contribution in [0.5, 0.6) is 0 Å². The molecule has 2 aromatic carbocycles. The van der Waals surface area contributed by atoms with Crippen LogP contribution in [0.2, 0.25) is 0 Å². The zero-order valence-electron chi connectivity index (χ0n) is 16.4. The summed E-state index contributed by atoms with van der Waals surface area (Å²) in [5.74, 6) is 1.47. The number of benzene rings is 2. The molecule has 146 valence electrons. The molecule has 0 fully saturated rings.